The predicted octanol–water partition coefficient (Wildman–Crippen LogP) is 4.82. The zero-order valence-corrected chi connectivity index (χ0v) is 19.1. The molecule has 4 rings (SSSR count). The highest BCUT2D eigenvalue weighted by molar-refractivity contribution is 7.89. The van der Waals surface area contributed by atoms with E-state index >= 15 is 0 Å². The second-order valence-corrected chi connectivity index (χ2v) is 11.2. The summed E-state index contributed by atoms with van der Waals surface area (Å²) < 4.78 is 27.7. The van der Waals surface area contributed by atoms with Gasteiger partial charge in [-0.05, 0) is 36.1 Å². The molecule has 0 atom stereocenters. The molecule has 11 heteroatoms. The first-order chi connectivity index (χ1) is 13.8. The van der Waals surface area contributed by atoms with Gasteiger partial charge in [-0.1, -0.05) is 29.3 Å². The number of nitrogens with one attached hydrogen (secondary N) is 1. The van der Waals surface area contributed by atoms with E-state index in [-0.39, 0.29) is 28.9 Å². The summed E-state index contributed by atoms with van der Waals surface area (Å²) >= 11 is 14.8. The third-order valence-electron chi connectivity index (χ3n) is 4.49. The number of carbonyl (C=O) groups is 1. The van der Waals surface area contributed by atoms with Gasteiger partial charge in [-0.15, -0.1) is 22.7 Å². The van der Waals surface area contributed by atoms with E-state index in [1.165, 1.54) is 39.1 Å². The number of benzene rings is 1. The Balaban J connectivity index is 1.56. The van der Waals surface area contributed by atoms with E-state index in [0.717, 1.165) is 10.6 Å². The lowest BCUT2D eigenvalue weighted by atomic mass is 10.2. The third kappa shape index (κ3) is 4.08. The Hall–Kier alpha value is -1.49. The van der Waals surface area contributed by atoms with Crippen LogP contribution < -0.4 is 5.32 Å². The smallest absolute Gasteiger partial charge is 0.267 e. The van der Waals surface area contributed by atoms with Gasteiger partial charge in [0.2, 0.25) is 10.0 Å². The molecule has 1 amide bonds. The number of thiazole rings is 1. The van der Waals surface area contributed by atoms with Gasteiger partial charge >= 0.3 is 0 Å². The molecule has 1 N–H and O–H groups in total. The van der Waals surface area contributed by atoms with Crippen LogP contribution in [0.4, 0.5) is 5.13 Å². The number of carbonyl (C=O) groups excluding carboxylic acids is 1. The van der Waals surface area contributed by atoms with Crippen LogP contribution in [-0.2, 0) is 23.0 Å². The number of hydrogen-bond donors (Lipinski definition) is 1. The van der Waals surface area contributed by atoms with Crippen molar-refractivity contribution >= 4 is 66.9 Å². The Morgan fingerprint density at radius 1 is 1.28 bits per heavy atom. The van der Waals surface area contributed by atoms with E-state index < -0.39 is 10.0 Å². The summed E-state index contributed by atoms with van der Waals surface area (Å²) in [6, 6.07) is 6.49. The van der Waals surface area contributed by atoms with Crippen molar-refractivity contribution in [3.05, 3.63) is 60.7 Å². The van der Waals surface area contributed by atoms with Crippen molar-refractivity contribution in [2.24, 2.45) is 0 Å². The summed E-state index contributed by atoms with van der Waals surface area (Å²) in [6.45, 7) is 2.20. The molecule has 152 valence electrons. The van der Waals surface area contributed by atoms with Crippen molar-refractivity contribution in [1.29, 1.82) is 0 Å². The van der Waals surface area contributed by atoms with Crippen LogP contribution >= 0.6 is 45.9 Å². The fraction of sp³-hybridized carbons (Fsp3) is 0.222. The minimum atomic E-state index is -3.79. The van der Waals surface area contributed by atoms with Crippen LogP contribution in [0.1, 0.15) is 25.8 Å². The second kappa shape index (κ2) is 7.98. The quantitative estimate of drug-likeness (QED) is 0.571. The van der Waals surface area contributed by atoms with Crippen LogP contribution in [0, 0.1) is 6.92 Å². The third-order valence-corrected chi connectivity index (χ3v) is 9.08. The number of hydrogen-bond acceptors (Lipinski definition) is 6. The molecule has 0 saturated heterocycles. The van der Waals surface area contributed by atoms with E-state index in [1.54, 1.807) is 19.1 Å². The fourth-order valence-corrected chi connectivity index (χ4v) is 6.90. The van der Waals surface area contributed by atoms with Crippen LogP contribution in [0.3, 0.4) is 0 Å². The summed E-state index contributed by atoms with van der Waals surface area (Å²) in [6.07, 6.45) is 0.462. The number of anilines is 1. The maximum absolute atomic E-state index is 13.1. The summed E-state index contributed by atoms with van der Waals surface area (Å²) in [5.41, 5.74) is 1.45. The Labute approximate surface area is 186 Å². The Kier molecular flexibility index (Phi) is 5.71. The second-order valence-electron chi connectivity index (χ2n) is 6.44. The molecule has 1 aliphatic rings. The lowest BCUT2D eigenvalue weighted by Gasteiger charge is -2.26. The highest BCUT2D eigenvalue weighted by Crippen LogP contribution is 2.34. The van der Waals surface area contributed by atoms with Gasteiger partial charge in [-0.3, -0.25) is 10.1 Å². The molecule has 0 radical (unpaired) electrons. The first-order valence-electron chi connectivity index (χ1n) is 8.55. The Bertz CT molecular complexity index is 1190. The van der Waals surface area contributed by atoms with E-state index in [0.29, 0.717) is 27.0 Å². The molecule has 1 aliphatic heterocycles. The van der Waals surface area contributed by atoms with Crippen molar-refractivity contribution in [2.45, 2.75) is 24.8 Å². The zero-order valence-electron chi connectivity index (χ0n) is 15.1. The van der Waals surface area contributed by atoms with Gasteiger partial charge in [0.25, 0.3) is 5.91 Å². The van der Waals surface area contributed by atoms with Crippen LogP contribution in [0.5, 0.6) is 0 Å². The number of thiophene rings is 1. The number of fused-ring (bicyclic) bond motifs is 1. The number of rotatable bonds is 4. The lowest BCUT2D eigenvalue weighted by molar-refractivity contribution is 0.103. The maximum Gasteiger partial charge on any atom is 0.267 e. The molecule has 3 aromatic rings. The molecule has 0 fully saturated rings. The number of sulfonamides is 1. The van der Waals surface area contributed by atoms with E-state index in [1.807, 2.05) is 5.38 Å². The molecule has 2 aromatic heterocycles. The molecule has 6 nitrogen and oxygen atoms in total. The zero-order chi connectivity index (χ0) is 20.8. The van der Waals surface area contributed by atoms with Gasteiger partial charge in [-0.25, -0.2) is 13.4 Å². The molecule has 3 heterocycles. The number of nitrogens with zero attached hydrogens (tertiary/aromatic N) is 2. The topological polar surface area (TPSA) is 79.4 Å². The van der Waals surface area contributed by atoms with Crippen LogP contribution in [-0.4, -0.2) is 30.2 Å². The van der Waals surface area contributed by atoms with E-state index in [4.69, 9.17) is 23.2 Å². The van der Waals surface area contributed by atoms with Gasteiger partial charge in [0, 0.05) is 22.9 Å². The normalized spacial score (nSPS) is 14.6. The number of halogens is 2. The Morgan fingerprint density at radius 2 is 2.07 bits per heavy atom. The molecule has 0 spiro atoms. The van der Waals surface area contributed by atoms with Crippen molar-refractivity contribution < 1.29 is 13.2 Å². The molecule has 29 heavy (non-hydrogen) atoms. The van der Waals surface area contributed by atoms with Crippen molar-refractivity contribution in [3.63, 3.8) is 0 Å². The average Bonchev–Trinajstić information content (AvgIpc) is 3.33. The highest BCUT2D eigenvalue weighted by atomic mass is 35.5. The minimum Gasteiger partial charge on any atom is -0.297 e. The van der Waals surface area contributed by atoms with Gasteiger partial charge in [0.05, 0.1) is 22.1 Å². The molecule has 0 bridgehead atoms. The summed E-state index contributed by atoms with van der Waals surface area (Å²) in [5, 5.41) is 5.59. The van der Waals surface area contributed by atoms with Gasteiger partial charge < -0.3 is 0 Å². The summed E-state index contributed by atoms with van der Waals surface area (Å²) in [5.74, 6) is -0.223. The molecule has 0 unspecified atom stereocenters. The van der Waals surface area contributed by atoms with Crippen molar-refractivity contribution in [3.8, 4) is 0 Å². The van der Waals surface area contributed by atoms with Crippen molar-refractivity contribution in [1.82, 2.24) is 9.29 Å². The lowest BCUT2D eigenvalue weighted by Crippen LogP contribution is -2.35. The number of aryl methyl sites for hydroxylation is 1. The average molecular weight is 488 g/mol. The minimum absolute atomic E-state index is 0.0419. The fourth-order valence-electron chi connectivity index (χ4n) is 2.96. The van der Waals surface area contributed by atoms with Crippen LogP contribution in [0.25, 0.3) is 0 Å². The monoisotopic (exact) mass is 487 g/mol. The van der Waals surface area contributed by atoms with Gasteiger partial charge in [-0.2, -0.15) is 4.31 Å². The summed E-state index contributed by atoms with van der Waals surface area (Å²) in [4.78, 5) is 18.1. The first-order valence-corrected chi connectivity index (χ1v) is 12.4. The number of aromatic nitrogens is 1. The molecule has 0 saturated carbocycles. The van der Waals surface area contributed by atoms with Crippen LogP contribution in [0.2, 0.25) is 10.0 Å². The molecule has 1 aromatic carbocycles. The highest BCUT2D eigenvalue weighted by Gasteiger charge is 2.32. The molecule has 0 aliphatic carbocycles. The van der Waals surface area contributed by atoms with Crippen LogP contribution in [0.15, 0.2) is 34.5 Å². The number of amides is 1. The summed E-state index contributed by atoms with van der Waals surface area (Å²) in [7, 11) is -3.79. The largest absolute Gasteiger partial charge is 0.297 e. The van der Waals surface area contributed by atoms with Crippen molar-refractivity contribution in [2.75, 3.05) is 11.9 Å². The SMILES string of the molecule is Cc1cc(S(=O)(=O)N2CCc3nc(NC(=O)c4cccs4)sc3C2)c(Cl)cc1Cl. The first kappa shape index (κ1) is 20.8. The Morgan fingerprint density at radius 3 is 2.79 bits per heavy atom. The molecular formula is C18H15Cl2N3O3S3. The van der Waals surface area contributed by atoms with E-state index in [9.17, 15) is 13.2 Å². The standard InChI is InChI=1S/C18H15Cl2N3O3S3/c1-10-7-16(12(20)8-11(10)19)29(25,26)23-5-4-13-15(9-23)28-18(21-13)22-17(24)14-3-2-6-27-14/h2-3,6-8H,4-5,9H2,1H3,(H,21,22,24). The molecular weight excluding hydrogens is 473 g/mol. The van der Waals surface area contributed by atoms with E-state index in [2.05, 4.69) is 10.3 Å². The maximum atomic E-state index is 13.1. The van der Waals surface area contributed by atoms with Gasteiger partial charge in [0.1, 0.15) is 4.90 Å². The predicted molar refractivity (Wildman–Crippen MR) is 117 cm³/mol. The van der Waals surface area contributed by atoms with Gasteiger partial charge in [0.15, 0.2) is 5.13 Å².